The van der Waals surface area contributed by atoms with E-state index in [0.29, 0.717) is 25.3 Å². The van der Waals surface area contributed by atoms with E-state index in [1.54, 1.807) is 12.3 Å². The van der Waals surface area contributed by atoms with E-state index in [9.17, 15) is 13.2 Å². The maximum Gasteiger partial charge on any atom is 0.418 e. The second-order valence-corrected chi connectivity index (χ2v) is 4.35. The molecule has 1 aliphatic rings. The van der Waals surface area contributed by atoms with Gasteiger partial charge in [0, 0.05) is 0 Å². The Morgan fingerprint density at radius 1 is 1.21 bits per heavy atom. The molecule has 1 aliphatic heterocycles. The second-order valence-electron chi connectivity index (χ2n) is 4.35. The van der Waals surface area contributed by atoms with Gasteiger partial charge in [-0.25, -0.2) is 4.68 Å². The molecule has 100 valence electrons. The molecular formula is C13H11F3N2O. The Kier molecular flexibility index (Phi) is 2.82. The summed E-state index contributed by atoms with van der Waals surface area (Å²) in [4.78, 5) is 0. The van der Waals surface area contributed by atoms with Gasteiger partial charge in [0.1, 0.15) is 0 Å². The van der Waals surface area contributed by atoms with Gasteiger partial charge in [-0.1, -0.05) is 12.1 Å². The van der Waals surface area contributed by atoms with E-state index in [1.807, 2.05) is 0 Å². The monoisotopic (exact) mass is 268 g/mol. The molecule has 0 amide bonds. The molecular weight excluding hydrogens is 257 g/mol. The van der Waals surface area contributed by atoms with Crippen LogP contribution in [0.25, 0.3) is 5.69 Å². The van der Waals surface area contributed by atoms with Crippen LogP contribution in [0.15, 0.2) is 30.5 Å². The van der Waals surface area contributed by atoms with Crippen LogP contribution >= 0.6 is 0 Å². The first-order valence-corrected chi connectivity index (χ1v) is 5.87. The Morgan fingerprint density at radius 2 is 2.00 bits per heavy atom. The standard InChI is InChI=1S/C13H11F3N2O/c14-13(15,16)10-3-1-2-4-11(10)18-12-8-19-6-5-9(12)7-17-18/h1-4,7H,5-6,8H2. The summed E-state index contributed by atoms with van der Waals surface area (Å²) in [6.45, 7) is 0.876. The first-order valence-electron chi connectivity index (χ1n) is 5.87. The summed E-state index contributed by atoms with van der Waals surface area (Å²) < 4.78 is 45.6. The lowest BCUT2D eigenvalue weighted by Gasteiger charge is -2.17. The molecule has 6 heteroatoms. The maximum atomic E-state index is 13.0. The minimum absolute atomic E-state index is 0.0433. The van der Waals surface area contributed by atoms with Crippen LogP contribution < -0.4 is 0 Å². The van der Waals surface area contributed by atoms with E-state index in [-0.39, 0.29) is 5.69 Å². The molecule has 0 N–H and O–H groups in total. The van der Waals surface area contributed by atoms with E-state index >= 15 is 0 Å². The number of rotatable bonds is 1. The van der Waals surface area contributed by atoms with Gasteiger partial charge in [-0.3, -0.25) is 0 Å². The SMILES string of the molecule is FC(F)(F)c1ccccc1-n1ncc2c1COCC2. The molecule has 0 saturated heterocycles. The largest absolute Gasteiger partial charge is 0.418 e. The van der Waals surface area contributed by atoms with Crippen molar-refractivity contribution in [3.05, 3.63) is 47.3 Å². The Balaban J connectivity index is 2.15. The van der Waals surface area contributed by atoms with Crippen LogP contribution in [-0.2, 0) is 23.9 Å². The number of fused-ring (bicyclic) bond motifs is 1. The van der Waals surface area contributed by atoms with Crippen molar-refractivity contribution < 1.29 is 17.9 Å². The zero-order valence-electron chi connectivity index (χ0n) is 9.94. The van der Waals surface area contributed by atoms with Gasteiger partial charge in [0.05, 0.1) is 36.4 Å². The molecule has 2 heterocycles. The molecule has 19 heavy (non-hydrogen) atoms. The summed E-state index contributed by atoms with van der Waals surface area (Å²) >= 11 is 0. The Bertz CT molecular complexity index is 604. The topological polar surface area (TPSA) is 27.1 Å². The zero-order chi connectivity index (χ0) is 13.5. The second kappa shape index (κ2) is 4.38. The lowest BCUT2D eigenvalue weighted by molar-refractivity contribution is -0.137. The predicted molar refractivity (Wildman–Crippen MR) is 61.9 cm³/mol. The van der Waals surface area contributed by atoms with E-state index in [4.69, 9.17) is 4.74 Å². The van der Waals surface area contributed by atoms with Crippen molar-refractivity contribution in [1.29, 1.82) is 0 Å². The number of aromatic nitrogens is 2. The molecule has 0 bridgehead atoms. The summed E-state index contributed by atoms with van der Waals surface area (Å²) in [5, 5.41) is 4.08. The molecule has 2 aromatic rings. The average molecular weight is 268 g/mol. The quantitative estimate of drug-likeness (QED) is 0.795. The van der Waals surface area contributed by atoms with Gasteiger partial charge in [-0.05, 0) is 24.1 Å². The Hall–Kier alpha value is -1.82. The lowest BCUT2D eigenvalue weighted by Crippen LogP contribution is -2.16. The van der Waals surface area contributed by atoms with E-state index in [1.165, 1.54) is 16.8 Å². The zero-order valence-corrected chi connectivity index (χ0v) is 9.94. The summed E-state index contributed by atoms with van der Waals surface area (Å²) in [7, 11) is 0. The number of nitrogens with zero attached hydrogens (tertiary/aromatic N) is 2. The van der Waals surface area contributed by atoms with Crippen LogP contribution in [0.3, 0.4) is 0 Å². The van der Waals surface area contributed by atoms with Crippen molar-refractivity contribution in [2.75, 3.05) is 6.61 Å². The third-order valence-corrected chi connectivity index (χ3v) is 3.15. The summed E-state index contributed by atoms with van der Waals surface area (Å²) in [6.07, 6.45) is -2.10. The van der Waals surface area contributed by atoms with Gasteiger partial charge in [-0.2, -0.15) is 18.3 Å². The normalized spacial score (nSPS) is 15.3. The van der Waals surface area contributed by atoms with Crippen molar-refractivity contribution >= 4 is 0 Å². The highest BCUT2D eigenvalue weighted by Gasteiger charge is 2.34. The van der Waals surface area contributed by atoms with E-state index < -0.39 is 11.7 Å². The van der Waals surface area contributed by atoms with Gasteiger partial charge < -0.3 is 4.74 Å². The molecule has 0 fully saturated rings. The first-order chi connectivity index (χ1) is 9.07. The minimum Gasteiger partial charge on any atom is -0.375 e. The predicted octanol–water partition coefficient (Wildman–Crippen LogP) is 2.96. The fourth-order valence-electron chi connectivity index (χ4n) is 2.23. The molecule has 1 aromatic carbocycles. The Labute approximate surface area is 107 Å². The molecule has 0 saturated carbocycles. The highest BCUT2D eigenvalue weighted by Crippen LogP contribution is 2.34. The number of halogens is 3. The van der Waals surface area contributed by atoms with E-state index in [2.05, 4.69) is 5.10 Å². The van der Waals surface area contributed by atoms with Gasteiger partial charge in [-0.15, -0.1) is 0 Å². The van der Waals surface area contributed by atoms with Crippen LogP contribution in [0.4, 0.5) is 13.2 Å². The van der Waals surface area contributed by atoms with Crippen molar-refractivity contribution in [3.63, 3.8) is 0 Å². The third kappa shape index (κ3) is 2.12. The van der Waals surface area contributed by atoms with Gasteiger partial charge in [0.2, 0.25) is 0 Å². The summed E-state index contributed by atoms with van der Waals surface area (Å²) in [6, 6.07) is 5.43. The number of hydrogen-bond donors (Lipinski definition) is 0. The first kappa shape index (κ1) is 12.2. The van der Waals surface area contributed by atoms with Gasteiger partial charge in [0.15, 0.2) is 0 Å². The molecule has 0 aliphatic carbocycles. The fraction of sp³-hybridized carbons (Fsp3) is 0.308. The fourth-order valence-corrected chi connectivity index (χ4v) is 2.23. The smallest absolute Gasteiger partial charge is 0.375 e. The number of para-hydroxylation sites is 1. The van der Waals surface area contributed by atoms with Gasteiger partial charge in [0.25, 0.3) is 0 Å². The molecule has 0 unspecified atom stereocenters. The number of alkyl halides is 3. The van der Waals surface area contributed by atoms with Crippen molar-refractivity contribution in [2.24, 2.45) is 0 Å². The summed E-state index contributed by atoms with van der Waals surface area (Å²) in [5.41, 5.74) is 0.999. The van der Waals surface area contributed by atoms with Crippen LogP contribution in [0, 0.1) is 0 Å². The van der Waals surface area contributed by atoms with E-state index in [0.717, 1.165) is 11.6 Å². The number of benzene rings is 1. The number of ether oxygens (including phenoxy) is 1. The maximum absolute atomic E-state index is 13.0. The van der Waals surface area contributed by atoms with Crippen LogP contribution in [0.2, 0.25) is 0 Å². The minimum atomic E-state index is -4.40. The lowest BCUT2D eigenvalue weighted by atomic mass is 10.1. The highest BCUT2D eigenvalue weighted by molar-refractivity contribution is 5.44. The van der Waals surface area contributed by atoms with Gasteiger partial charge >= 0.3 is 6.18 Å². The van der Waals surface area contributed by atoms with Crippen LogP contribution in [0.5, 0.6) is 0 Å². The molecule has 3 nitrogen and oxygen atoms in total. The molecule has 3 rings (SSSR count). The molecule has 0 atom stereocenters. The van der Waals surface area contributed by atoms with Crippen molar-refractivity contribution in [2.45, 2.75) is 19.2 Å². The molecule has 0 radical (unpaired) electrons. The average Bonchev–Trinajstić information content (AvgIpc) is 2.81. The number of hydrogen-bond acceptors (Lipinski definition) is 2. The highest BCUT2D eigenvalue weighted by atomic mass is 19.4. The van der Waals surface area contributed by atoms with Crippen molar-refractivity contribution in [3.8, 4) is 5.69 Å². The van der Waals surface area contributed by atoms with Crippen molar-refractivity contribution in [1.82, 2.24) is 9.78 Å². The molecule has 0 spiro atoms. The summed E-state index contributed by atoms with van der Waals surface area (Å²) in [5.74, 6) is 0. The third-order valence-electron chi connectivity index (χ3n) is 3.15. The van der Waals surface area contributed by atoms with Crippen LogP contribution in [0.1, 0.15) is 16.8 Å². The molecule has 1 aromatic heterocycles. The Morgan fingerprint density at radius 3 is 2.79 bits per heavy atom. The van der Waals surface area contributed by atoms with Crippen LogP contribution in [-0.4, -0.2) is 16.4 Å².